The van der Waals surface area contributed by atoms with E-state index >= 15 is 0 Å². The second-order valence-electron chi connectivity index (χ2n) is 8.00. The van der Waals surface area contributed by atoms with Gasteiger partial charge in [0.15, 0.2) is 5.88 Å². The summed E-state index contributed by atoms with van der Waals surface area (Å²) in [5, 5.41) is 14.2. The number of aromatic hydroxyl groups is 1. The van der Waals surface area contributed by atoms with Gasteiger partial charge in [-0.25, -0.2) is 4.39 Å². The van der Waals surface area contributed by atoms with E-state index in [4.69, 9.17) is 0 Å². The molecule has 4 aromatic rings. The van der Waals surface area contributed by atoms with E-state index in [-0.39, 0.29) is 17.6 Å². The van der Waals surface area contributed by atoms with E-state index in [1.54, 1.807) is 12.3 Å². The first kappa shape index (κ1) is 20.1. The number of nitrogens with zero attached hydrogens (tertiary/aromatic N) is 1. The van der Waals surface area contributed by atoms with E-state index in [9.17, 15) is 14.3 Å². The molecule has 7 heteroatoms. The van der Waals surface area contributed by atoms with Crippen molar-refractivity contribution in [3.05, 3.63) is 88.3 Å². The Bertz CT molecular complexity index is 1350. The predicted octanol–water partition coefficient (Wildman–Crippen LogP) is 4.39. The van der Waals surface area contributed by atoms with Crippen molar-refractivity contribution in [2.75, 3.05) is 6.54 Å². The number of halogens is 1. The lowest BCUT2D eigenvalue weighted by Crippen LogP contribution is -2.27. The van der Waals surface area contributed by atoms with Gasteiger partial charge in [0.25, 0.3) is 5.91 Å². The second kappa shape index (κ2) is 8.00. The number of carbonyl (C=O) groups is 1. The first-order valence-electron chi connectivity index (χ1n) is 10.6. The SMILES string of the molecule is Cc1[nH]c2c(c1C(=O)NCCc1ccccn1)CCC=C2c1c(O)[nH]c2ccc(F)cc12. The number of hydrogen-bond donors (Lipinski definition) is 4. The fourth-order valence-corrected chi connectivity index (χ4v) is 4.52. The van der Waals surface area contributed by atoms with Crippen LogP contribution < -0.4 is 5.32 Å². The molecule has 4 N–H and O–H groups in total. The molecule has 32 heavy (non-hydrogen) atoms. The Hall–Kier alpha value is -3.87. The molecule has 162 valence electrons. The molecule has 0 saturated carbocycles. The quantitative estimate of drug-likeness (QED) is 0.378. The molecule has 0 spiro atoms. The van der Waals surface area contributed by atoms with Crippen molar-refractivity contribution in [3.63, 3.8) is 0 Å². The smallest absolute Gasteiger partial charge is 0.253 e. The van der Waals surface area contributed by atoms with E-state index in [0.717, 1.165) is 34.6 Å². The van der Waals surface area contributed by atoms with Crippen LogP contribution in [0.2, 0.25) is 0 Å². The van der Waals surface area contributed by atoms with Gasteiger partial charge in [-0.2, -0.15) is 0 Å². The maximum atomic E-state index is 13.9. The van der Waals surface area contributed by atoms with Crippen LogP contribution in [-0.2, 0) is 12.8 Å². The highest BCUT2D eigenvalue weighted by molar-refractivity contribution is 6.03. The largest absolute Gasteiger partial charge is 0.494 e. The highest BCUT2D eigenvalue weighted by atomic mass is 19.1. The summed E-state index contributed by atoms with van der Waals surface area (Å²) < 4.78 is 13.9. The summed E-state index contributed by atoms with van der Waals surface area (Å²) >= 11 is 0. The Morgan fingerprint density at radius 3 is 2.94 bits per heavy atom. The predicted molar refractivity (Wildman–Crippen MR) is 121 cm³/mol. The number of hydrogen-bond acceptors (Lipinski definition) is 3. The van der Waals surface area contributed by atoms with Gasteiger partial charge in [0.05, 0.1) is 16.8 Å². The number of benzene rings is 1. The highest BCUT2D eigenvalue weighted by Gasteiger charge is 2.28. The van der Waals surface area contributed by atoms with Gasteiger partial charge in [-0.15, -0.1) is 0 Å². The molecule has 3 aromatic heterocycles. The standard InChI is InChI=1S/C25H23FN4O2/c1-14-21(24(31)28-12-10-16-5-2-3-11-27-16)17-6-4-7-18(23(17)29-14)22-19-13-15(26)8-9-20(19)30-25(22)32/h2-3,5,7-9,11,13,29-30,32H,4,6,10,12H2,1H3,(H,28,31). The summed E-state index contributed by atoms with van der Waals surface area (Å²) in [6, 6.07) is 10.1. The van der Waals surface area contributed by atoms with Crippen LogP contribution in [-0.4, -0.2) is 32.5 Å². The van der Waals surface area contributed by atoms with Crippen molar-refractivity contribution in [3.8, 4) is 5.88 Å². The Balaban J connectivity index is 1.46. The minimum atomic E-state index is -0.370. The normalized spacial score (nSPS) is 13.1. The monoisotopic (exact) mass is 430 g/mol. The number of H-pyrrole nitrogens is 2. The number of aromatic amines is 2. The van der Waals surface area contributed by atoms with E-state index in [0.29, 0.717) is 41.4 Å². The molecule has 0 bridgehead atoms. The molecule has 5 rings (SSSR count). The molecule has 1 aliphatic carbocycles. The molecule has 0 radical (unpaired) electrons. The maximum Gasteiger partial charge on any atom is 0.253 e. The van der Waals surface area contributed by atoms with Crippen molar-refractivity contribution < 1.29 is 14.3 Å². The number of aryl methyl sites for hydroxylation is 1. The lowest BCUT2D eigenvalue weighted by atomic mass is 9.89. The minimum absolute atomic E-state index is 0.0154. The zero-order valence-electron chi connectivity index (χ0n) is 17.6. The van der Waals surface area contributed by atoms with Crippen LogP contribution in [0.4, 0.5) is 4.39 Å². The van der Waals surface area contributed by atoms with Crippen LogP contribution in [0.5, 0.6) is 5.88 Å². The molecule has 0 fully saturated rings. The number of fused-ring (bicyclic) bond motifs is 2. The molecule has 6 nitrogen and oxygen atoms in total. The van der Waals surface area contributed by atoms with Crippen LogP contribution in [0.25, 0.3) is 16.5 Å². The van der Waals surface area contributed by atoms with Crippen LogP contribution >= 0.6 is 0 Å². The number of aromatic nitrogens is 3. The first-order valence-corrected chi connectivity index (χ1v) is 10.6. The summed E-state index contributed by atoms with van der Waals surface area (Å²) in [7, 11) is 0. The van der Waals surface area contributed by atoms with E-state index in [1.165, 1.54) is 12.1 Å². The first-order chi connectivity index (χ1) is 15.5. The molecule has 0 atom stereocenters. The fraction of sp³-hybridized carbons (Fsp3) is 0.200. The summed E-state index contributed by atoms with van der Waals surface area (Å²) in [5.74, 6) is -0.519. The van der Waals surface area contributed by atoms with Gasteiger partial charge in [0.1, 0.15) is 5.82 Å². The lowest BCUT2D eigenvalue weighted by Gasteiger charge is -2.15. The Kier molecular flexibility index (Phi) is 5.01. The third-order valence-electron chi connectivity index (χ3n) is 5.93. The number of carbonyl (C=O) groups excluding carboxylic acids is 1. The van der Waals surface area contributed by atoms with Gasteiger partial charge < -0.3 is 20.4 Å². The molecule has 0 aliphatic heterocycles. The van der Waals surface area contributed by atoms with Crippen molar-refractivity contribution in [1.29, 1.82) is 0 Å². The summed E-state index contributed by atoms with van der Waals surface area (Å²) in [6.45, 7) is 2.36. The molecule has 1 aliphatic rings. The number of rotatable bonds is 5. The fourth-order valence-electron chi connectivity index (χ4n) is 4.52. The zero-order chi connectivity index (χ0) is 22.2. The van der Waals surface area contributed by atoms with Gasteiger partial charge in [0.2, 0.25) is 0 Å². The topological polar surface area (TPSA) is 93.8 Å². The average Bonchev–Trinajstić information content (AvgIpc) is 3.29. The van der Waals surface area contributed by atoms with Crippen LogP contribution in [0.3, 0.4) is 0 Å². The van der Waals surface area contributed by atoms with Gasteiger partial charge in [0, 0.05) is 47.0 Å². The van der Waals surface area contributed by atoms with Crippen molar-refractivity contribution in [2.45, 2.75) is 26.2 Å². The summed E-state index contributed by atoms with van der Waals surface area (Å²) in [5.41, 5.74) is 6.01. The summed E-state index contributed by atoms with van der Waals surface area (Å²) in [6.07, 6.45) is 5.84. The van der Waals surface area contributed by atoms with Gasteiger partial charge >= 0.3 is 0 Å². The van der Waals surface area contributed by atoms with E-state index in [1.807, 2.05) is 31.2 Å². The number of allylic oxidation sites excluding steroid dienone is 1. The number of nitrogens with one attached hydrogen (secondary N) is 3. The Morgan fingerprint density at radius 2 is 2.12 bits per heavy atom. The van der Waals surface area contributed by atoms with E-state index < -0.39 is 0 Å². The molecule has 0 unspecified atom stereocenters. The second-order valence-corrected chi connectivity index (χ2v) is 8.00. The molecule has 1 amide bonds. The molecular weight excluding hydrogens is 407 g/mol. The van der Waals surface area contributed by atoms with Crippen LogP contribution in [0.1, 0.15) is 45.0 Å². The number of pyridine rings is 1. The molecule has 0 saturated heterocycles. The summed E-state index contributed by atoms with van der Waals surface area (Å²) in [4.78, 5) is 23.6. The van der Waals surface area contributed by atoms with Gasteiger partial charge in [-0.05, 0) is 55.7 Å². The zero-order valence-corrected chi connectivity index (χ0v) is 17.6. The van der Waals surface area contributed by atoms with Crippen molar-refractivity contribution in [2.24, 2.45) is 0 Å². The minimum Gasteiger partial charge on any atom is -0.494 e. The molecule has 1 aromatic carbocycles. The van der Waals surface area contributed by atoms with Gasteiger partial charge in [-0.3, -0.25) is 9.78 Å². The van der Waals surface area contributed by atoms with Crippen molar-refractivity contribution >= 4 is 22.4 Å². The number of amides is 1. The highest BCUT2D eigenvalue weighted by Crippen LogP contribution is 2.41. The Labute approximate surface area is 184 Å². The Morgan fingerprint density at radius 1 is 1.25 bits per heavy atom. The molecular formula is C25H23FN4O2. The maximum absolute atomic E-state index is 13.9. The third-order valence-corrected chi connectivity index (χ3v) is 5.93. The molecule has 3 heterocycles. The van der Waals surface area contributed by atoms with Gasteiger partial charge in [-0.1, -0.05) is 12.1 Å². The lowest BCUT2D eigenvalue weighted by molar-refractivity contribution is 0.0952. The van der Waals surface area contributed by atoms with Crippen molar-refractivity contribution in [1.82, 2.24) is 20.3 Å². The average molecular weight is 430 g/mol. The van der Waals surface area contributed by atoms with Crippen LogP contribution in [0.15, 0.2) is 48.7 Å². The third kappa shape index (κ3) is 3.45. The van der Waals surface area contributed by atoms with Crippen LogP contribution in [0, 0.1) is 12.7 Å². The van der Waals surface area contributed by atoms with E-state index in [2.05, 4.69) is 20.3 Å².